The number of hydrogen-bond acceptors (Lipinski definition) is 3. The van der Waals surface area contributed by atoms with Crippen LogP contribution in [0.5, 0.6) is 0 Å². The van der Waals surface area contributed by atoms with E-state index in [1.54, 1.807) is 20.2 Å². The molecule has 0 spiro atoms. The zero-order chi connectivity index (χ0) is 10.6. The van der Waals surface area contributed by atoms with E-state index in [1.165, 1.54) is 11.2 Å². The Balaban J connectivity index is 2.61. The first kappa shape index (κ1) is 11.1. The smallest absolute Gasteiger partial charge is 0.258 e. The van der Waals surface area contributed by atoms with E-state index in [1.807, 2.05) is 0 Å². The molecule has 78 valence electrons. The van der Waals surface area contributed by atoms with Crippen LogP contribution in [0.2, 0.25) is 5.22 Å². The van der Waals surface area contributed by atoms with Crippen molar-refractivity contribution in [2.45, 2.75) is 0 Å². The summed E-state index contributed by atoms with van der Waals surface area (Å²) < 4.78 is 9.69. The van der Waals surface area contributed by atoms with E-state index in [0.717, 1.165) is 0 Å². The first-order chi connectivity index (χ1) is 6.66. The molecule has 14 heavy (non-hydrogen) atoms. The molecule has 0 saturated heterocycles. The Morgan fingerprint density at radius 1 is 1.71 bits per heavy atom. The Morgan fingerprint density at radius 2 is 2.43 bits per heavy atom. The molecule has 0 atom stereocenters. The van der Waals surface area contributed by atoms with Crippen LogP contribution in [-0.4, -0.2) is 38.1 Å². The molecule has 0 radical (unpaired) electrons. The van der Waals surface area contributed by atoms with Crippen molar-refractivity contribution in [2.24, 2.45) is 0 Å². The lowest BCUT2D eigenvalue weighted by molar-refractivity contribution is 0.0744. The van der Waals surface area contributed by atoms with E-state index in [0.29, 0.717) is 18.7 Å². The van der Waals surface area contributed by atoms with Crippen LogP contribution in [0, 0.1) is 0 Å². The third-order valence-corrected chi connectivity index (χ3v) is 2.12. The van der Waals surface area contributed by atoms with Crippen molar-refractivity contribution < 1.29 is 13.9 Å². The fourth-order valence-corrected chi connectivity index (χ4v) is 1.18. The lowest BCUT2D eigenvalue weighted by atomic mass is 10.3. The molecule has 1 heterocycles. The van der Waals surface area contributed by atoms with Crippen LogP contribution in [0.1, 0.15) is 10.4 Å². The standard InChI is InChI=1S/C9H12ClNO3/c1-11(4-6-13-2)9(12)7-3-5-14-8(7)10/h3,5H,4,6H2,1-2H3. The van der Waals surface area contributed by atoms with Gasteiger partial charge < -0.3 is 14.1 Å². The minimum absolute atomic E-state index is 0.124. The normalized spacial score (nSPS) is 10.2. The summed E-state index contributed by atoms with van der Waals surface area (Å²) in [5, 5.41) is 0.124. The highest BCUT2D eigenvalue weighted by atomic mass is 35.5. The zero-order valence-electron chi connectivity index (χ0n) is 8.12. The van der Waals surface area contributed by atoms with Gasteiger partial charge in [0.15, 0.2) is 0 Å². The molecule has 0 aliphatic rings. The maximum Gasteiger partial charge on any atom is 0.258 e. The molecule has 1 aromatic rings. The molecule has 0 aliphatic heterocycles. The fraction of sp³-hybridized carbons (Fsp3) is 0.444. The number of likely N-dealkylation sites (N-methyl/N-ethyl adjacent to an activating group) is 1. The Morgan fingerprint density at radius 3 is 2.93 bits per heavy atom. The van der Waals surface area contributed by atoms with Gasteiger partial charge in [-0.1, -0.05) is 0 Å². The number of amides is 1. The first-order valence-corrected chi connectivity index (χ1v) is 4.52. The summed E-state index contributed by atoms with van der Waals surface area (Å²) in [6, 6.07) is 1.55. The molecule has 1 rings (SSSR count). The second kappa shape index (κ2) is 5.02. The maximum atomic E-state index is 11.7. The van der Waals surface area contributed by atoms with E-state index in [2.05, 4.69) is 0 Å². The summed E-state index contributed by atoms with van der Waals surface area (Å²) in [5.41, 5.74) is 0.380. The molecule has 0 unspecified atom stereocenters. The molecule has 5 heteroatoms. The van der Waals surface area contributed by atoms with Gasteiger partial charge in [0.25, 0.3) is 5.91 Å². The molecule has 0 aliphatic carbocycles. The zero-order valence-corrected chi connectivity index (χ0v) is 8.87. The predicted octanol–water partition coefficient (Wildman–Crippen LogP) is 1.65. The summed E-state index contributed by atoms with van der Waals surface area (Å²) >= 11 is 5.67. The number of ether oxygens (including phenoxy) is 1. The van der Waals surface area contributed by atoms with Gasteiger partial charge in [0, 0.05) is 20.7 Å². The number of halogens is 1. The Labute approximate surface area is 87.4 Å². The van der Waals surface area contributed by atoms with Gasteiger partial charge in [0.05, 0.1) is 18.4 Å². The molecule has 0 fully saturated rings. The van der Waals surface area contributed by atoms with Gasteiger partial charge in [-0.15, -0.1) is 0 Å². The molecule has 0 bridgehead atoms. The lowest BCUT2D eigenvalue weighted by Crippen LogP contribution is -2.29. The summed E-state index contributed by atoms with van der Waals surface area (Å²) in [4.78, 5) is 13.2. The van der Waals surface area contributed by atoms with Crippen LogP contribution in [0.4, 0.5) is 0 Å². The summed E-state index contributed by atoms with van der Waals surface area (Å²) in [6.45, 7) is 1.02. The van der Waals surface area contributed by atoms with Crippen molar-refractivity contribution in [3.63, 3.8) is 0 Å². The number of rotatable bonds is 4. The molecule has 0 saturated carbocycles. The Bertz CT molecular complexity index is 311. The van der Waals surface area contributed by atoms with Gasteiger partial charge in [-0.25, -0.2) is 0 Å². The monoisotopic (exact) mass is 217 g/mol. The van der Waals surface area contributed by atoms with Gasteiger partial charge in [0.1, 0.15) is 0 Å². The highest BCUT2D eigenvalue weighted by molar-refractivity contribution is 6.32. The second-order valence-electron chi connectivity index (χ2n) is 2.83. The molecular formula is C9H12ClNO3. The van der Waals surface area contributed by atoms with Gasteiger partial charge in [-0.05, 0) is 17.7 Å². The average molecular weight is 218 g/mol. The molecule has 1 amide bonds. The highest BCUT2D eigenvalue weighted by Crippen LogP contribution is 2.17. The van der Waals surface area contributed by atoms with Crippen LogP contribution in [-0.2, 0) is 4.74 Å². The van der Waals surface area contributed by atoms with Crippen molar-refractivity contribution in [3.8, 4) is 0 Å². The summed E-state index contributed by atoms with van der Waals surface area (Å²) in [6.07, 6.45) is 1.39. The molecule has 4 nitrogen and oxygen atoms in total. The Hall–Kier alpha value is -1.00. The van der Waals surface area contributed by atoms with Gasteiger partial charge in [-0.3, -0.25) is 4.79 Å². The largest absolute Gasteiger partial charge is 0.452 e. The second-order valence-corrected chi connectivity index (χ2v) is 3.17. The molecule has 0 N–H and O–H groups in total. The van der Waals surface area contributed by atoms with E-state index >= 15 is 0 Å². The number of methoxy groups -OCH3 is 1. The Kier molecular flexibility index (Phi) is 3.98. The highest BCUT2D eigenvalue weighted by Gasteiger charge is 2.16. The van der Waals surface area contributed by atoms with Crippen LogP contribution < -0.4 is 0 Å². The summed E-state index contributed by atoms with van der Waals surface area (Å²) in [5.74, 6) is -0.166. The van der Waals surface area contributed by atoms with E-state index in [4.69, 9.17) is 20.8 Å². The molecule has 0 aromatic carbocycles. The van der Waals surface area contributed by atoms with Crippen molar-refractivity contribution in [1.82, 2.24) is 4.90 Å². The maximum absolute atomic E-state index is 11.7. The van der Waals surface area contributed by atoms with Crippen molar-refractivity contribution in [1.29, 1.82) is 0 Å². The number of nitrogens with zero attached hydrogens (tertiary/aromatic N) is 1. The molecule has 1 aromatic heterocycles. The van der Waals surface area contributed by atoms with Gasteiger partial charge in [0.2, 0.25) is 5.22 Å². The molecular weight excluding hydrogens is 206 g/mol. The van der Waals surface area contributed by atoms with E-state index < -0.39 is 0 Å². The van der Waals surface area contributed by atoms with Crippen LogP contribution in [0.3, 0.4) is 0 Å². The van der Waals surface area contributed by atoms with Gasteiger partial charge >= 0.3 is 0 Å². The van der Waals surface area contributed by atoms with Crippen molar-refractivity contribution in [2.75, 3.05) is 27.3 Å². The van der Waals surface area contributed by atoms with Crippen molar-refractivity contribution in [3.05, 3.63) is 23.1 Å². The number of carbonyl (C=O) groups is 1. The third kappa shape index (κ3) is 2.49. The van der Waals surface area contributed by atoms with Crippen molar-refractivity contribution >= 4 is 17.5 Å². The SMILES string of the molecule is COCCN(C)C(=O)c1ccoc1Cl. The van der Waals surface area contributed by atoms with E-state index in [9.17, 15) is 4.79 Å². The first-order valence-electron chi connectivity index (χ1n) is 4.14. The van der Waals surface area contributed by atoms with Gasteiger partial charge in [-0.2, -0.15) is 0 Å². The van der Waals surface area contributed by atoms with E-state index in [-0.39, 0.29) is 11.1 Å². The topological polar surface area (TPSA) is 42.7 Å². The summed E-state index contributed by atoms with van der Waals surface area (Å²) in [7, 11) is 3.27. The fourth-order valence-electron chi connectivity index (χ4n) is 0.982. The quantitative estimate of drug-likeness (QED) is 0.770. The minimum Gasteiger partial charge on any atom is -0.452 e. The predicted molar refractivity (Wildman–Crippen MR) is 52.6 cm³/mol. The number of furan rings is 1. The minimum atomic E-state index is -0.166. The third-order valence-electron chi connectivity index (χ3n) is 1.83. The lowest BCUT2D eigenvalue weighted by Gasteiger charge is -2.15. The van der Waals surface area contributed by atoms with Crippen LogP contribution >= 0.6 is 11.6 Å². The van der Waals surface area contributed by atoms with Crippen LogP contribution in [0.25, 0.3) is 0 Å². The number of carbonyl (C=O) groups excluding carboxylic acids is 1. The van der Waals surface area contributed by atoms with Crippen LogP contribution in [0.15, 0.2) is 16.7 Å². The number of hydrogen-bond donors (Lipinski definition) is 0. The average Bonchev–Trinajstić information content (AvgIpc) is 2.59.